The van der Waals surface area contributed by atoms with E-state index in [2.05, 4.69) is 10.1 Å². The molecule has 3 aromatic heterocycles. The monoisotopic (exact) mass is 403 g/mol. The number of piperidine rings is 1. The Hall–Kier alpha value is -2.52. The smallest absolute Gasteiger partial charge is 0.309 e. The Kier molecular flexibility index (Phi) is 5.30. The summed E-state index contributed by atoms with van der Waals surface area (Å²) >= 11 is 2.95. The van der Waals surface area contributed by atoms with E-state index in [1.54, 1.807) is 4.90 Å². The summed E-state index contributed by atoms with van der Waals surface area (Å²) in [5.74, 6) is 0.309. The van der Waals surface area contributed by atoms with Crippen LogP contribution in [0, 0.1) is 5.92 Å². The first kappa shape index (κ1) is 17.9. The Morgan fingerprint density at radius 1 is 1.19 bits per heavy atom. The number of hydrogen-bond acceptors (Lipinski definition) is 8. The third-order valence-corrected chi connectivity index (χ3v) is 6.12. The summed E-state index contributed by atoms with van der Waals surface area (Å²) in [5.41, 5.74) is 0. The Balaban J connectivity index is 1.26. The lowest BCUT2D eigenvalue weighted by atomic mass is 9.97. The third-order valence-electron chi connectivity index (χ3n) is 4.40. The number of carbonyl (C=O) groups is 2. The van der Waals surface area contributed by atoms with Crippen LogP contribution in [0.3, 0.4) is 0 Å². The summed E-state index contributed by atoms with van der Waals surface area (Å²) in [4.78, 5) is 32.3. The summed E-state index contributed by atoms with van der Waals surface area (Å²) in [6.07, 6.45) is 1.19. The highest BCUT2D eigenvalue weighted by Crippen LogP contribution is 2.23. The maximum atomic E-state index is 12.3. The second-order valence-electron chi connectivity index (χ2n) is 6.14. The Morgan fingerprint density at radius 2 is 1.96 bits per heavy atom. The highest BCUT2D eigenvalue weighted by atomic mass is 32.1. The van der Waals surface area contributed by atoms with Gasteiger partial charge in [-0.1, -0.05) is 17.3 Å². The van der Waals surface area contributed by atoms with Crippen molar-refractivity contribution < 1.29 is 18.8 Å². The van der Waals surface area contributed by atoms with Gasteiger partial charge in [-0.05, 0) is 35.7 Å². The zero-order valence-electron chi connectivity index (χ0n) is 14.4. The highest BCUT2D eigenvalue weighted by molar-refractivity contribution is 7.13. The second-order valence-corrected chi connectivity index (χ2v) is 8.04. The molecule has 4 rings (SSSR count). The van der Waals surface area contributed by atoms with Crippen LogP contribution in [-0.4, -0.2) is 40.0 Å². The standard InChI is InChI=1S/C18H17N3O4S2/c22-17(14-4-2-10-27-14)21-7-5-12(6-8-21)18(23)24-11-15-19-16(20-25-15)13-3-1-9-26-13/h1-4,9-10,12H,5-8,11H2. The molecule has 0 bridgehead atoms. The van der Waals surface area contributed by atoms with Gasteiger partial charge in [-0.15, -0.1) is 22.7 Å². The predicted octanol–water partition coefficient (Wildman–Crippen LogP) is 3.46. The molecule has 0 aliphatic carbocycles. The SMILES string of the molecule is O=C(OCc1nc(-c2cccs2)no1)C1CCN(C(=O)c2cccs2)CC1. The topological polar surface area (TPSA) is 85.5 Å². The van der Waals surface area contributed by atoms with Gasteiger partial charge in [0.1, 0.15) is 0 Å². The maximum absolute atomic E-state index is 12.3. The van der Waals surface area contributed by atoms with Crippen molar-refractivity contribution in [2.24, 2.45) is 5.92 Å². The van der Waals surface area contributed by atoms with E-state index < -0.39 is 0 Å². The normalized spacial score (nSPS) is 15.0. The van der Waals surface area contributed by atoms with Gasteiger partial charge in [-0.2, -0.15) is 4.98 Å². The van der Waals surface area contributed by atoms with E-state index in [1.165, 1.54) is 22.7 Å². The third kappa shape index (κ3) is 4.09. The number of carbonyl (C=O) groups excluding carboxylic acids is 2. The average Bonchev–Trinajstić information content (AvgIpc) is 3.47. The minimum absolute atomic E-state index is 0.0313. The number of thiophene rings is 2. The molecular formula is C18H17N3O4S2. The molecule has 9 heteroatoms. The van der Waals surface area contributed by atoms with Crippen LogP contribution in [0.5, 0.6) is 0 Å². The first-order valence-electron chi connectivity index (χ1n) is 8.56. The van der Waals surface area contributed by atoms with E-state index in [4.69, 9.17) is 9.26 Å². The molecule has 0 atom stereocenters. The van der Waals surface area contributed by atoms with E-state index in [0.29, 0.717) is 31.8 Å². The van der Waals surface area contributed by atoms with Gasteiger partial charge in [-0.3, -0.25) is 9.59 Å². The molecule has 1 saturated heterocycles. The second kappa shape index (κ2) is 8.01. The minimum atomic E-state index is -0.283. The molecule has 0 saturated carbocycles. The number of amides is 1. The number of rotatable bonds is 5. The van der Waals surface area contributed by atoms with Gasteiger partial charge in [-0.25, -0.2) is 0 Å². The summed E-state index contributed by atoms with van der Waals surface area (Å²) in [6.45, 7) is 1.07. The molecule has 0 N–H and O–H groups in total. The summed E-state index contributed by atoms with van der Waals surface area (Å²) < 4.78 is 10.5. The molecule has 1 amide bonds. The number of likely N-dealkylation sites (tertiary alicyclic amines) is 1. The predicted molar refractivity (Wildman–Crippen MR) is 100 cm³/mol. The van der Waals surface area contributed by atoms with Crippen molar-refractivity contribution in [1.29, 1.82) is 0 Å². The van der Waals surface area contributed by atoms with E-state index in [1.807, 2.05) is 35.0 Å². The molecule has 0 radical (unpaired) electrons. The number of esters is 1. The van der Waals surface area contributed by atoms with Gasteiger partial charge in [0.05, 0.1) is 15.7 Å². The van der Waals surface area contributed by atoms with Gasteiger partial charge < -0.3 is 14.2 Å². The van der Waals surface area contributed by atoms with Crippen LogP contribution in [0.15, 0.2) is 39.5 Å². The van der Waals surface area contributed by atoms with E-state index in [9.17, 15) is 9.59 Å². The van der Waals surface area contributed by atoms with Crippen LogP contribution in [0.4, 0.5) is 0 Å². The molecule has 3 aromatic rings. The number of nitrogens with zero attached hydrogens (tertiary/aromatic N) is 3. The van der Waals surface area contributed by atoms with Crippen LogP contribution in [-0.2, 0) is 16.1 Å². The molecule has 140 valence electrons. The van der Waals surface area contributed by atoms with Crippen LogP contribution in [0.25, 0.3) is 10.7 Å². The molecule has 0 aromatic carbocycles. The number of aromatic nitrogens is 2. The van der Waals surface area contributed by atoms with Crippen molar-refractivity contribution in [3.63, 3.8) is 0 Å². The van der Waals surface area contributed by atoms with E-state index in [0.717, 1.165) is 9.75 Å². The van der Waals surface area contributed by atoms with Crippen molar-refractivity contribution in [2.75, 3.05) is 13.1 Å². The first-order valence-corrected chi connectivity index (χ1v) is 10.3. The fraction of sp³-hybridized carbons (Fsp3) is 0.333. The lowest BCUT2D eigenvalue weighted by Gasteiger charge is -2.30. The minimum Gasteiger partial charge on any atom is -0.455 e. The van der Waals surface area contributed by atoms with Gasteiger partial charge in [0.15, 0.2) is 6.61 Å². The quantitative estimate of drug-likeness (QED) is 0.607. The van der Waals surface area contributed by atoms with Crippen LogP contribution < -0.4 is 0 Å². The Morgan fingerprint density at radius 3 is 2.67 bits per heavy atom. The Labute approximate surface area is 163 Å². The van der Waals surface area contributed by atoms with Gasteiger partial charge in [0.2, 0.25) is 5.82 Å². The molecule has 1 fully saturated rings. The molecule has 1 aliphatic heterocycles. The maximum Gasteiger partial charge on any atom is 0.309 e. The number of hydrogen-bond donors (Lipinski definition) is 0. The molecular weight excluding hydrogens is 386 g/mol. The fourth-order valence-electron chi connectivity index (χ4n) is 2.94. The largest absolute Gasteiger partial charge is 0.455 e. The molecule has 7 nitrogen and oxygen atoms in total. The Bertz CT molecular complexity index is 897. The molecule has 4 heterocycles. The van der Waals surface area contributed by atoms with Gasteiger partial charge in [0.25, 0.3) is 11.8 Å². The van der Waals surface area contributed by atoms with Crippen LogP contribution in [0.1, 0.15) is 28.4 Å². The summed E-state index contributed by atoms with van der Waals surface area (Å²) in [7, 11) is 0. The highest BCUT2D eigenvalue weighted by Gasteiger charge is 2.29. The zero-order valence-corrected chi connectivity index (χ0v) is 16.0. The lowest BCUT2D eigenvalue weighted by molar-refractivity contribution is -0.152. The molecule has 1 aliphatic rings. The van der Waals surface area contributed by atoms with Gasteiger partial charge >= 0.3 is 5.97 Å². The van der Waals surface area contributed by atoms with Gasteiger partial charge in [0, 0.05) is 13.1 Å². The van der Waals surface area contributed by atoms with Crippen molar-refractivity contribution in [3.8, 4) is 10.7 Å². The average molecular weight is 403 g/mol. The van der Waals surface area contributed by atoms with Crippen LogP contribution >= 0.6 is 22.7 Å². The van der Waals surface area contributed by atoms with Crippen molar-refractivity contribution in [3.05, 3.63) is 45.8 Å². The zero-order chi connectivity index (χ0) is 18.6. The summed E-state index contributed by atoms with van der Waals surface area (Å²) in [6, 6.07) is 7.49. The van der Waals surface area contributed by atoms with Crippen molar-refractivity contribution >= 4 is 34.6 Å². The van der Waals surface area contributed by atoms with E-state index >= 15 is 0 Å². The molecule has 0 unspecified atom stereocenters. The number of ether oxygens (including phenoxy) is 1. The fourth-order valence-corrected chi connectivity index (χ4v) is 4.28. The lowest BCUT2D eigenvalue weighted by Crippen LogP contribution is -2.40. The summed E-state index contributed by atoms with van der Waals surface area (Å²) in [5, 5.41) is 7.71. The van der Waals surface area contributed by atoms with Crippen LogP contribution in [0.2, 0.25) is 0 Å². The molecule has 27 heavy (non-hydrogen) atoms. The molecule has 0 spiro atoms. The van der Waals surface area contributed by atoms with Crippen molar-refractivity contribution in [1.82, 2.24) is 15.0 Å². The van der Waals surface area contributed by atoms with E-state index in [-0.39, 0.29) is 30.3 Å². The van der Waals surface area contributed by atoms with Crippen molar-refractivity contribution in [2.45, 2.75) is 19.4 Å². The first-order chi connectivity index (χ1) is 13.2.